The Labute approximate surface area is 103 Å². The monoisotopic (exact) mass is 258 g/mol. The number of carbonyl (C=O) groups is 1. The number of carbonyl (C=O) groups excluding carboxylic acids is 1. The SMILES string of the molecule is Cc1[nH]c(=S)sc1CC(=O)NC1CCOC1. The van der Waals surface area contributed by atoms with E-state index in [1.165, 1.54) is 11.3 Å². The summed E-state index contributed by atoms with van der Waals surface area (Å²) in [7, 11) is 0. The van der Waals surface area contributed by atoms with Gasteiger partial charge in [0.1, 0.15) is 0 Å². The van der Waals surface area contributed by atoms with Gasteiger partial charge in [-0.1, -0.05) is 0 Å². The van der Waals surface area contributed by atoms with Gasteiger partial charge in [-0.05, 0) is 25.6 Å². The molecule has 4 nitrogen and oxygen atoms in total. The Balaban J connectivity index is 1.91. The van der Waals surface area contributed by atoms with Crippen molar-refractivity contribution in [2.45, 2.75) is 25.8 Å². The van der Waals surface area contributed by atoms with E-state index in [1.807, 2.05) is 6.92 Å². The van der Waals surface area contributed by atoms with E-state index in [0.29, 0.717) is 13.0 Å². The highest BCUT2D eigenvalue weighted by molar-refractivity contribution is 7.73. The Kier molecular flexibility index (Phi) is 3.73. The molecule has 1 atom stereocenters. The van der Waals surface area contributed by atoms with Gasteiger partial charge < -0.3 is 15.0 Å². The van der Waals surface area contributed by atoms with Gasteiger partial charge in [-0.2, -0.15) is 0 Å². The maximum atomic E-state index is 11.7. The summed E-state index contributed by atoms with van der Waals surface area (Å²) in [5, 5.41) is 2.96. The summed E-state index contributed by atoms with van der Waals surface area (Å²) in [5.41, 5.74) is 0.993. The van der Waals surface area contributed by atoms with Crippen molar-refractivity contribution >= 4 is 29.5 Å². The maximum Gasteiger partial charge on any atom is 0.225 e. The molecule has 0 saturated carbocycles. The van der Waals surface area contributed by atoms with Gasteiger partial charge >= 0.3 is 0 Å². The van der Waals surface area contributed by atoms with Crippen molar-refractivity contribution < 1.29 is 9.53 Å². The normalized spacial score (nSPS) is 19.9. The molecular weight excluding hydrogens is 244 g/mol. The van der Waals surface area contributed by atoms with Crippen molar-refractivity contribution in [3.05, 3.63) is 14.5 Å². The van der Waals surface area contributed by atoms with E-state index in [4.69, 9.17) is 17.0 Å². The van der Waals surface area contributed by atoms with E-state index in [1.54, 1.807) is 0 Å². The summed E-state index contributed by atoms with van der Waals surface area (Å²) in [5.74, 6) is 0.0452. The summed E-state index contributed by atoms with van der Waals surface area (Å²) in [6, 6.07) is 0.180. The largest absolute Gasteiger partial charge is 0.379 e. The lowest BCUT2D eigenvalue weighted by Gasteiger charge is -2.09. The molecule has 2 N–H and O–H groups in total. The highest BCUT2D eigenvalue weighted by Gasteiger charge is 2.18. The fraction of sp³-hybridized carbons (Fsp3) is 0.600. The quantitative estimate of drug-likeness (QED) is 0.809. The van der Waals surface area contributed by atoms with Crippen LogP contribution in [-0.2, 0) is 16.0 Å². The average molecular weight is 258 g/mol. The average Bonchev–Trinajstić information content (AvgIpc) is 2.78. The third-order valence-corrected chi connectivity index (χ3v) is 3.88. The van der Waals surface area contributed by atoms with Gasteiger partial charge in [0, 0.05) is 17.2 Å². The maximum absolute atomic E-state index is 11.7. The standard InChI is InChI=1S/C10H14N2O2S2/c1-6-8(16-10(15)11-6)4-9(13)12-7-2-3-14-5-7/h7H,2-5H2,1H3,(H,11,15)(H,12,13). The van der Waals surface area contributed by atoms with Gasteiger partial charge in [-0.3, -0.25) is 4.79 Å². The highest BCUT2D eigenvalue weighted by Crippen LogP contribution is 2.15. The molecule has 1 unspecified atom stereocenters. The first-order valence-corrected chi connectivity index (χ1v) is 6.43. The molecule has 88 valence electrons. The third kappa shape index (κ3) is 2.90. The molecule has 2 rings (SSSR count). The summed E-state index contributed by atoms with van der Waals surface area (Å²) >= 11 is 6.50. The zero-order chi connectivity index (χ0) is 11.5. The van der Waals surface area contributed by atoms with Crippen LogP contribution in [0.4, 0.5) is 0 Å². The number of aromatic amines is 1. The number of thiazole rings is 1. The fourth-order valence-corrected chi connectivity index (χ4v) is 2.97. The highest BCUT2D eigenvalue weighted by atomic mass is 32.1. The molecule has 0 bridgehead atoms. The minimum atomic E-state index is 0.0452. The van der Waals surface area contributed by atoms with Crippen LogP contribution in [0, 0.1) is 10.9 Å². The number of ether oxygens (including phenoxy) is 1. The number of hydrogen-bond acceptors (Lipinski definition) is 4. The smallest absolute Gasteiger partial charge is 0.225 e. The number of aryl methyl sites for hydroxylation is 1. The summed E-state index contributed by atoms with van der Waals surface area (Å²) in [4.78, 5) is 15.8. The second kappa shape index (κ2) is 5.07. The Hall–Kier alpha value is -0.720. The van der Waals surface area contributed by atoms with Crippen LogP contribution in [0.15, 0.2) is 0 Å². The minimum Gasteiger partial charge on any atom is -0.379 e. The molecule has 2 heterocycles. The lowest BCUT2D eigenvalue weighted by Crippen LogP contribution is -2.35. The fourth-order valence-electron chi connectivity index (χ4n) is 1.68. The number of hydrogen-bond donors (Lipinski definition) is 2. The molecule has 0 aliphatic carbocycles. The Morgan fingerprint density at radius 2 is 2.56 bits per heavy atom. The first-order chi connectivity index (χ1) is 7.65. The van der Waals surface area contributed by atoms with Crippen molar-refractivity contribution in [2.24, 2.45) is 0 Å². The number of aromatic nitrogens is 1. The van der Waals surface area contributed by atoms with Crippen molar-refractivity contribution in [2.75, 3.05) is 13.2 Å². The van der Waals surface area contributed by atoms with Crippen LogP contribution in [0.25, 0.3) is 0 Å². The second-order valence-corrected chi connectivity index (χ2v) is 5.64. The summed E-state index contributed by atoms with van der Waals surface area (Å²) in [6.07, 6.45) is 1.31. The number of H-pyrrole nitrogens is 1. The van der Waals surface area contributed by atoms with Crippen molar-refractivity contribution in [1.82, 2.24) is 10.3 Å². The van der Waals surface area contributed by atoms with Crippen LogP contribution in [0.3, 0.4) is 0 Å². The van der Waals surface area contributed by atoms with Crippen LogP contribution in [-0.4, -0.2) is 30.1 Å². The van der Waals surface area contributed by atoms with Crippen LogP contribution in [0.5, 0.6) is 0 Å². The van der Waals surface area contributed by atoms with E-state index >= 15 is 0 Å². The van der Waals surface area contributed by atoms with E-state index in [2.05, 4.69) is 10.3 Å². The molecule has 1 fully saturated rings. The predicted molar refractivity (Wildman–Crippen MR) is 65.3 cm³/mol. The lowest BCUT2D eigenvalue weighted by atomic mass is 10.2. The second-order valence-electron chi connectivity index (χ2n) is 3.87. The number of nitrogens with one attached hydrogen (secondary N) is 2. The molecule has 0 aromatic carbocycles. The topological polar surface area (TPSA) is 54.1 Å². The molecule has 1 aromatic rings. The third-order valence-electron chi connectivity index (χ3n) is 2.54. The molecule has 0 spiro atoms. The minimum absolute atomic E-state index is 0.0452. The summed E-state index contributed by atoms with van der Waals surface area (Å²) < 4.78 is 5.93. The van der Waals surface area contributed by atoms with Crippen molar-refractivity contribution in [3.63, 3.8) is 0 Å². The number of amides is 1. The van der Waals surface area contributed by atoms with Gasteiger partial charge in [-0.25, -0.2) is 0 Å². The Bertz CT molecular complexity index is 432. The first-order valence-electron chi connectivity index (χ1n) is 5.21. The lowest BCUT2D eigenvalue weighted by molar-refractivity contribution is -0.121. The van der Waals surface area contributed by atoms with Crippen LogP contribution < -0.4 is 5.32 Å². The van der Waals surface area contributed by atoms with Crippen LogP contribution >= 0.6 is 23.6 Å². The van der Waals surface area contributed by atoms with Gasteiger partial charge in [0.2, 0.25) is 5.91 Å². The van der Waals surface area contributed by atoms with Gasteiger partial charge in [0.15, 0.2) is 3.95 Å². The van der Waals surface area contributed by atoms with E-state index in [-0.39, 0.29) is 11.9 Å². The molecule has 1 aliphatic heterocycles. The molecule has 6 heteroatoms. The van der Waals surface area contributed by atoms with Crippen molar-refractivity contribution in [1.29, 1.82) is 0 Å². The zero-order valence-corrected chi connectivity index (χ0v) is 10.7. The van der Waals surface area contributed by atoms with Crippen LogP contribution in [0.1, 0.15) is 17.0 Å². The molecular formula is C10H14N2O2S2. The predicted octanol–water partition coefficient (Wildman–Crippen LogP) is 1.56. The van der Waals surface area contributed by atoms with Crippen molar-refractivity contribution in [3.8, 4) is 0 Å². The summed E-state index contributed by atoms with van der Waals surface area (Å²) in [6.45, 7) is 3.31. The molecule has 1 saturated heterocycles. The molecule has 1 aliphatic rings. The number of rotatable bonds is 3. The first kappa shape index (κ1) is 11.8. The zero-order valence-electron chi connectivity index (χ0n) is 9.04. The molecule has 0 radical (unpaired) electrons. The van der Waals surface area contributed by atoms with Crippen LogP contribution in [0.2, 0.25) is 0 Å². The van der Waals surface area contributed by atoms with E-state index in [9.17, 15) is 4.79 Å². The van der Waals surface area contributed by atoms with E-state index < -0.39 is 0 Å². The van der Waals surface area contributed by atoms with Gasteiger partial charge in [0.25, 0.3) is 0 Å². The Morgan fingerprint density at radius 1 is 1.75 bits per heavy atom. The van der Waals surface area contributed by atoms with E-state index in [0.717, 1.165) is 27.6 Å². The molecule has 1 amide bonds. The Morgan fingerprint density at radius 3 is 3.12 bits per heavy atom. The van der Waals surface area contributed by atoms with Gasteiger partial charge in [-0.15, -0.1) is 11.3 Å². The van der Waals surface area contributed by atoms with Gasteiger partial charge in [0.05, 0.1) is 19.1 Å². The molecule has 16 heavy (non-hydrogen) atoms. The molecule has 1 aromatic heterocycles.